The lowest BCUT2D eigenvalue weighted by atomic mass is 10.1. The maximum Gasteiger partial charge on any atom is 0.245 e. The minimum absolute atomic E-state index is 0.0671. The normalized spacial score (nSPS) is 21.0. The average Bonchev–Trinajstić information content (AvgIpc) is 3.12. The highest BCUT2D eigenvalue weighted by Crippen LogP contribution is 2.27. The first-order valence-electron chi connectivity index (χ1n) is 10.6. The number of carbonyl (C=O) groups is 2. The van der Waals surface area contributed by atoms with Crippen LogP contribution >= 0.6 is 11.6 Å². The Morgan fingerprint density at radius 2 is 1.87 bits per heavy atom. The molecular weight excluding hydrogens is 438 g/mol. The summed E-state index contributed by atoms with van der Waals surface area (Å²) in [6.45, 7) is 3.50. The van der Waals surface area contributed by atoms with Gasteiger partial charge in [0.15, 0.2) is 0 Å². The second-order valence-corrected chi connectivity index (χ2v) is 10.3. The Kier molecular flexibility index (Phi) is 6.23. The fraction of sp³-hybridized carbons (Fsp3) is 0.455. The Bertz CT molecular complexity index is 1110. The van der Waals surface area contributed by atoms with Crippen molar-refractivity contribution >= 4 is 44.2 Å². The van der Waals surface area contributed by atoms with E-state index in [0.29, 0.717) is 41.9 Å². The number of piperidine rings is 1. The molecule has 2 amide bonds. The SMILES string of the molecule is C[C@H](C(=O)N1CCCCC1)N1CCC(NS(=O)(=O)c2cccc3cc(Cl)ccc23)C1=O. The molecule has 7 nitrogen and oxygen atoms in total. The predicted molar refractivity (Wildman–Crippen MR) is 119 cm³/mol. The molecule has 0 saturated carbocycles. The molecule has 4 rings (SSSR count). The van der Waals surface area contributed by atoms with E-state index in [1.165, 1.54) is 11.0 Å². The monoisotopic (exact) mass is 463 g/mol. The van der Waals surface area contributed by atoms with E-state index in [1.807, 2.05) is 0 Å². The summed E-state index contributed by atoms with van der Waals surface area (Å²) < 4.78 is 28.8. The number of sulfonamides is 1. The van der Waals surface area contributed by atoms with E-state index in [0.717, 1.165) is 19.3 Å². The maximum absolute atomic E-state index is 13.1. The number of hydrogen-bond acceptors (Lipinski definition) is 4. The average molecular weight is 464 g/mol. The second kappa shape index (κ2) is 8.76. The van der Waals surface area contributed by atoms with Gasteiger partial charge < -0.3 is 9.80 Å². The molecule has 2 fully saturated rings. The van der Waals surface area contributed by atoms with E-state index >= 15 is 0 Å². The van der Waals surface area contributed by atoms with Gasteiger partial charge in [0.1, 0.15) is 12.1 Å². The van der Waals surface area contributed by atoms with Crippen molar-refractivity contribution < 1.29 is 18.0 Å². The third-order valence-corrected chi connectivity index (χ3v) is 7.89. The van der Waals surface area contributed by atoms with Crippen molar-refractivity contribution in [1.82, 2.24) is 14.5 Å². The Labute approximate surface area is 187 Å². The number of benzene rings is 2. The molecule has 1 N–H and O–H groups in total. The molecule has 2 aliphatic rings. The van der Waals surface area contributed by atoms with Crippen LogP contribution in [0.4, 0.5) is 0 Å². The Morgan fingerprint density at radius 3 is 2.61 bits per heavy atom. The molecule has 166 valence electrons. The number of rotatable bonds is 5. The van der Waals surface area contributed by atoms with Crippen molar-refractivity contribution in [2.24, 2.45) is 0 Å². The fourth-order valence-corrected chi connectivity index (χ4v) is 6.05. The minimum atomic E-state index is -3.94. The van der Waals surface area contributed by atoms with Crippen molar-refractivity contribution in [2.75, 3.05) is 19.6 Å². The summed E-state index contributed by atoms with van der Waals surface area (Å²) in [5.41, 5.74) is 0. The Hall–Kier alpha value is -2.16. The molecule has 0 aliphatic carbocycles. The maximum atomic E-state index is 13.1. The van der Waals surface area contributed by atoms with E-state index in [9.17, 15) is 18.0 Å². The first-order valence-corrected chi connectivity index (χ1v) is 12.4. The molecule has 0 aromatic heterocycles. The summed E-state index contributed by atoms with van der Waals surface area (Å²) in [6, 6.07) is 8.47. The summed E-state index contributed by atoms with van der Waals surface area (Å²) in [7, 11) is -3.94. The Morgan fingerprint density at radius 1 is 1.13 bits per heavy atom. The molecule has 2 aromatic rings. The largest absolute Gasteiger partial charge is 0.341 e. The highest BCUT2D eigenvalue weighted by atomic mass is 35.5. The van der Waals surface area contributed by atoms with Crippen molar-refractivity contribution in [3.05, 3.63) is 41.4 Å². The van der Waals surface area contributed by atoms with Crippen LogP contribution in [0, 0.1) is 0 Å². The van der Waals surface area contributed by atoms with Crippen LogP contribution in [0.2, 0.25) is 5.02 Å². The summed E-state index contributed by atoms with van der Waals surface area (Å²) >= 11 is 6.02. The molecule has 0 spiro atoms. The van der Waals surface area contributed by atoms with Crippen molar-refractivity contribution in [2.45, 2.75) is 49.6 Å². The van der Waals surface area contributed by atoms with E-state index in [-0.39, 0.29) is 16.7 Å². The number of likely N-dealkylation sites (tertiary alicyclic amines) is 2. The van der Waals surface area contributed by atoms with Gasteiger partial charge in [-0.2, -0.15) is 4.72 Å². The lowest BCUT2D eigenvalue weighted by molar-refractivity contribution is -0.143. The quantitative estimate of drug-likeness (QED) is 0.738. The van der Waals surface area contributed by atoms with Crippen LogP contribution < -0.4 is 4.72 Å². The zero-order chi connectivity index (χ0) is 22.2. The number of halogens is 1. The lowest BCUT2D eigenvalue weighted by Gasteiger charge is -2.32. The third-order valence-electron chi connectivity index (χ3n) is 6.12. The molecule has 2 aromatic carbocycles. The predicted octanol–water partition coefficient (Wildman–Crippen LogP) is 2.77. The molecule has 9 heteroatoms. The van der Waals surface area contributed by atoms with Gasteiger partial charge in [-0.25, -0.2) is 8.42 Å². The molecule has 0 bridgehead atoms. The highest BCUT2D eigenvalue weighted by molar-refractivity contribution is 7.89. The first-order chi connectivity index (χ1) is 14.8. The van der Waals surface area contributed by atoms with Crippen molar-refractivity contribution in [3.63, 3.8) is 0 Å². The lowest BCUT2D eigenvalue weighted by Crippen LogP contribution is -2.51. The summed E-state index contributed by atoms with van der Waals surface area (Å²) in [6.07, 6.45) is 3.40. The second-order valence-electron chi connectivity index (χ2n) is 8.18. The smallest absolute Gasteiger partial charge is 0.245 e. The summed E-state index contributed by atoms with van der Waals surface area (Å²) in [5, 5.41) is 1.76. The van der Waals surface area contributed by atoms with Crippen molar-refractivity contribution in [1.29, 1.82) is 0 Å². The van der Waals surface area contributed by atoms with Gasteiger partial charge in [0, 0.05) is 30.0 Å². The van der Waals surface area contributed by atoms with E-state index < -0.39 is 22.1 Å². The van der Waals surface area contributed by atoms with Crippen LogP contribution in [0.3, 0.4) is 0 Å². The standard InChI is InChI=1S/C22H26ClN3O4S/c1-15(21(27)25-11-3-2-4-12-25)26-13-10-19(22(26)28)24-31(29,30)20-7-5-6-16-14-17(23)8-9-18(16)20/h5-9,14-15,19,24H,2-4,10-13H2,1H3/t15-,19?/m1/s1. The number of amides is 2. The minimum Gasteiger partial charge on any atom is -0.341 e. The molecule has 1 unspecified atom stereocenters. The summed E-state index contributed by atoms with van der Waals surface area (Å²) in [4.78, 5) is 29.2. The van der Waals surface area contributed by atoms with Gasteiger partial charge in [-0.1, -0.05) is 29.8 Å². The van der Waals surface area contributed by atoms with Gasteiger partial charge in [0.2, 0.25) is 21.8 Å². The topological polar surface area (TPSA) is 86.8 Å². The van der Waals surface area contributed by atoms with Crippen LogP contribution in [-0.2, 0) is 19.6 Å². The fourth-order valence-electron chi connectivity index (χ4n) is 4.42. The van der Waals surface area contributed by atoms with Crippen LogP contribution in [0.5, 0.6) is 0 Å². The van der Waals surface area contributed by atoms with Gasteiger partial charge >= 0.3 is 0 Å². The number of nitrogens with zero attached hydrogens (tertiary/aromatic N) is 2. The van der Waals surface area contributed by atoms with Crippen LogP contribution in [-0.4, -0.2) is 61.7 Å². The van der Waals surface area contributed by atoms with Crippen LogP contribution in [0.25, 0.3) is 10.8 Å². The zero-order valence-corrected chi connectivity index (χ0v) is 19.0. The number of carbonyl (C=O) groups excluding carboxylic acids is 2. The molecule has 2 aliphatic heterocycles. The molecule has 2 saturated heterocycles. The van der Waals surface area contributed by atoms with Gasteiger partial charge in [0.25, 0.3) is 0 Å². The van der Waals surface area contributed by atoms with Gasteiger partial charge in [-0.3, -0.25) is 9.59 Å². The number of hydrogen-bond donors (Lipinski definition) is 1. The molecule has 2 atom stereocenters. The van der Waals surface area contributed by atoms with Gasteiger partial charge in [-0.05, 0) is 56.2 Å². The van der Waals surface area contributed by atoms with Crippen LogP contribution in [0.15, 0.2) is 41.3 Å². The van der Waals surface area contributed by atoms with Crippen molar-refractivity contribution in [3.8, 4) is 0 Å². The summed E-state index contributed by atoms with van der Waals surface area (Å²) in [5.74, 6) is -0.424. The Balaban J connectivity index is 1.50. The van der Waals surface area contributed by atoms with Gasteiger partial charge in [-0.15, -0.1) is 0 Å². The third kappa shape index (κ3) is 4.42. The van der Waals surface area contributed by atoms with Crippen LogP contribution in [0.1, 0.15) is 32.6 Å². The molecular formula is C22H26ClN3O4S. The van der Waals surface area contributed by atoms with E-state index in [2.05, 4.69) is 4.72 Å². The molecule has 31 heavy (non-hydrogen) atoms. The molecule has 2 heterocycles. The number of fused-ring (bicyclic) bond motifs is 1. The molecule has 0 radical (unpaired) electrons. The zero-order valence-electron chi connectivity index (χ0n) is 17.4. The highest BCUT2D eigenvalue weighted by Gasteiger charge is 2.40. The van der Waals surface area contributed by atoms with Gasteiger partial charge in [0.05, 0.1) is 4.90 Å². The van der Waals surface area contributed by atoms with E-state index in [4.69, 9.17) is 11.6 Å². The van der Waals surface area contributed by atoms with E-state index in [1.54, 1.807) is 42.2 Å². The number of nitrogens with one attached hydrogen (secondary N) is 1. The first kappa shape index (κ1) is 22.0.